The molecule has 3 aromatic rings. The van der Waals surface area contributed by atoms with Crippen LogP contribution >= 0.6 is 7.60 Å². The van der Waals surface area contributed by atoms with E-state index in [0.29, 0.717) is 12.4 Å². The van der Waals surface area contributed by atoms with Crippen LogP contribution in [0.3, 0.4) is 0 Å². The number of nitro benzene ring substituents is 1. The average Bonchev–Trinajstić information content (AvgIpc) is 3.17. The number of nitrogens with one attached hydrogen (secondary N) is 1. The smallest absolute Gasteiger partial charge is 0.385 e. The predicted octanol–water partition coefficient (Wildman–Crippen LogP) is 4.68. The van der Waals surface area contributed by atoms with Crippen molar-refractivity contribution in [2.45, 2.75) is 26.8 Å². The Morgan fingerprint density at radius 3 is 2.26 bits per heavy atom. The number of rotatable bonds is 11. The lowest BCUT2D eigenvalue weighted by molar-refractivity contribution is -0.384. The molecule has 1 aromatic heterocycles. The van der Waals surface area contributed by atoms with Crippen molar-refractivity contribution in [1.29, 1.82) is 0 Å². The number of anilines is 1. The van der Waals surface area contributed by atoms with Gasteiger partial charge in [0, 0.05) is 25.1 Å². The fourth-order valence-corrected chi connectivity index (χ4v) is 4.53. The second-order valence-electron chi connectivity index (χ2n) is 6.53. The molecule has 3 rings (SSSR count). The molecular formula is C21H24N3O6P. The molecule has 0 bridgehead atoms. The zero-order valence-corrected chi connectivity index (χ0v) is 18.2. The van der Waals surface area contributed by atoms with Crippen LogP contribution in [0.1, 0.15) is 30.9 Å². The van der Waals surface area contributed by atoms with Crippen LogP contribution in [0, 0.1) is 10.1 Å². The van der Waals surface area contributed by atoms with Gasteiger partial charge in [-0.2, -0.15) is 0 Å². The summed E-state index contributed by atoms with van der Waals surface area (Å²) in [6.45, 7) is 4.24. The fraction of sp³-hybridized carbons (Fsp3) is 0.286. The number of nitrogens with zero attached hydrogens (tertiary/aromatic N) is 2. The number of hydrogen-bond donors (Lipinski definition) is 1. The van der Waals surface area contributed by atoms with Crippen molar-refractivity contribution in [2.24, 2.45) is 0 Å². The largest absolute Gasteiger partial charge is 0.424 e. The second-order valence-corrected chi connectivity index (χ2v) is 8.47. The van der Waals surface area contributed by atoms with Gasteiger partial charge in [0.1, 0.15) is 0 Å². The zero-order valence-electron chi connectivity index (χ0n) is 17.3. The number of aromatic nitrogens is 1. The lowest BCUT2D eigenvalue weighted by atomic mass is 10.1. The minimum atomic E-state index is -3.69. The number of nitro groups is 1. The molecule has 0 aliphatic rings. The minimum absolute atomic E-state index is 0.000692. The van der Waals surface area contributed by atoms with Gasteiger partial charge in [0.05, 0.1) is 18.1 Å². The second kappa shape index (κ2) is 10.3. The van der Waals surface area contributed by atoms with E-state index in [4.69, 9.17) is 13.5 Å². The van der Waals surface area contributed by atoms with Gasteiger partial charge in [-0.25, -0.2) is 4.98 Å². The molecule has 0 fully saturated rings. The first-order valence-corrected chi connectivity index (χ1v) is 11.4. The summed E-state index contributed by atoms with van der Waals surface area (Å²) in [7, 11) is -3.69. The number of non-ortho nitro benzene ring substituents is 1. The molecule has 31 heavy (non-hydrogen) atoms. The monoisotopic (exact) mass is 445 g/mol. The van der Waals surface area contributed by atoms with Gasteiger partial charge in [0.2, 0.25) is 17.2 Å². The normalized spacial score (nSPS) is 11.4. The SMILES string of the molecule is CCOP(=O)(OCC)c1nc(Cc2ccc([N+](=O)[O-])cc2)oc1NCc1ccccc1. The minimum Gasteiger partial charge on any atom is -0.424 e. The Labute approximate surface area is 180 Å². The van der Waals surface area contributed by atoms with E-state index in [-0.39, 0.29) is 36.6 Å². The molecule has 0 saturated heterocycles. The van der Waals surface area contributed by atoms with Crippen molar-refractivity contribution >= 4 is 24.6 Å². The first-order valence-electron chi connectivity index (χ1n) is 9.85. The molecule has 0 amide bonds. The molecule has 0 aliphatic carbocycles. The summed E-state index contributed by atoms with van der Waals surface area (Å²) in [5.74, 6) is 0.505. The summed E-state index contributed by atoms with van der Waals surface area (Å²) in [6, 6.07) is 15.7. The lowest BCUT2D eigenvalue weighted by Gasteiger charge is -2.15. The maximum Gasteiger partial charge on any atom is 0.385 e. The number of hydrogen-bond acceptors (Lipinski definition) is 8. The Morgan fingerprint density at radius 1 is 1.03 bits per heavy atom. The third-order valence-electron chi connectivity index (χ3n) is 4.31. The van der Waals surface area contributed by atoms with E-state index in [9.17, 15) is 14.7 Å². The van der Waals surface area contributed by atoms with Crippen molar-refractivity contribution in [3.63, 3.8) is 0 Å². The highest BCUT2D eigenvalue weighted by atomic mass is 31.2. The molecular weight excluding hydrogens is 421 g/mol. The van der Waals surface area contributed by atoms with Gasteiger partial charge in [0.25, 0.3) is 5.69 Å². The van der Waals surface area contributed by atoms with E-state index < -0.39 is 12.5 Å². The van der Waals surface area contributed by atoms with Gasteiger partial charge in [-0.05, 0) is 25.0 Å². The molecule has 0 atom stereocenters. The van der Waals surface area contributed by atoms with Crippen LogP contribution in [0.2, 0.25) is 0 Å². The molecule has 164 valence electrons. The Hall–Kier alpha value is -3.00. The molecule has 1 heterocycles. The summed E-state index contributed by atoms with van der Waals surface area (Å²) in [6.07, 6.45) is 0.260. The Bertz CT molecular complexity index is 1040. The standard InChI is InChI=1S/C21H24N3O6P/c1-3-28-31(27,29-4-2)21-20(22-15-17-8-6-5-7-9-17)30-19(23-21)14-16-10-12-18(13-11-16)24(25)26/h5-13,22H,3-4,14-15H2,1-2H3. The van der Waals surface area contributed by atoms with Crippen molar-refractivity contribution in [1.82, 2.24) is 4.98 Å². The third-order valence-corrected chi connectivity index (χ3v) is 6.33. The summed E-state index contributed by atoms with van der Waals surface area (Å²) in [5, 5.41) is 14.0. The number of benzene rings is 2. The van der Waals surface area contributed by atoms with E-state index in [1.807, 2.05) is 30.3 Å². The van der Waals surface area contributed by atoms with Crippen LogP contribution in [-0.4, -0.2) is 23.1 Å². The Balaban J connectivity index is 1.90. The van der Waals surface area contributed by atoms with Gasteiger partial charge in [-0.15, -0.1) is 0 Å². The Morgan fingerprint density at radius 2 is 1.68 bits per heavy atom. The van der Waals surface area contributed by atoms with E-state index >= 15 is 0 Å². The predicted molar refractivity (Wildman–Crippen MR) is 117 cm³/mol. The van der Waals surface area contributed by atoms with E-state index in [1.165, 1.54) is 12.1 Å². The van der Waals surface area contributed by atoms with Crippen LogP contribution in [0.4, 0.5) is 11.6 Å². The first-order chi connectivity index (χ1) is 14.9. The van der Waals surface area contributed by atoms with Crippen LogP contribution in [-0.2, 0) is 26.6 Å². The summed E-state index contributed by atoms with van der Waals surface area (Å²) >= 11 is 0. The van der Waals surface area contributed by atoms with E-state index in [0.717, 1.165) is 11.1 Å². The maximum absolute atomic E-state index is 13.4. The van der Waals surface area contributed by atoms with Crippen molar-refractivity contribution in [3.05, 3.63) is 81.7 Å². The summed E-state index contributed by atoms with van der Waals surface area (Å²) in [4.78, 5) is 14.8. The van der Waals surface area contributed by atoms with Crippen molar-refractivity contribution < 1.29 is 23.0 Å². The highest BCUT2D eigenvalue weighted by Gasteiger charge is 2.35. The topological polar surface area (TPSA) is 117 Å². The Kier molecular flexibility index (Phi) is 7.57. The van der Waals surface area contributed by atoms with E-state index in [1.54, 1.807) is 26.0 Å². The lowest BCUT2D eigenvalue weighted by Crippen LogP contribution is -2.16. The van der Waals surface area contributed by atoms with Crippen LogP contribution in [0.5, 0.6) is 0 Å². The molecule has 0 spiro atoms. The van der Waals surface area contributed by atoms with Gasteiger partial charge < -0.3 is 18.8 Å². The maximum atomic E-state index is 13.4. The summed E-state index contributed by atoms with van der Waals surface area (Å²) < 4.78 is 30.1. The van der Waals surface area contributed by atoms with Crippen LogP contribution in [0.15, 0.2) is 59.0 Å². The van der Waals surface area contributed by atoms with Crippen molar-refractivity contribution in [3.8, 4) is 0 Å². The first kappa shape index (κ1) is 22.7. The molecule has 0 aliphatic heterocycles. The quantitative estimate of drug-likeness (QED) is 0.257. The summed E-state index contributed by atoms with van der Waals surface area (Å²) in [5.41, 5.74) is 1.85. The molecule has 9 nitrogen and oxygen atoms in total. The van der Waals surface area contributed by atoms with Crippen LogP contribution < -0.4 is 10.8 Å². The van der Waals surface area contributed by atoms with Crippen LogP contribution in [0.25, 0.3) is 0 Å². The molecule has 10 heteroatoms. The third kappa shape index (κ3) is 5.79. The van der Waals surface area contributed by atoms with Gasteiger partial charge in [0.15, 0.2) is 0 Å². The van der Waals surface area contributed by atoms with Crippen molar-refractivity contribution in [2.75, 3.05) is 18.5 Å². The average molecular weight is 445 g/mol. The molecule has 0 radical (unpaired) electrons. The van der Waals surface area contributed by atoms with Gasteiger partial charge in [-0.3, -0.25) is 14.7 Å². The molecule has 2 aromatic carbocycles. The van der Waals surface area contributed by atoms with E-state index in [2.05, 4.69) is 10.3 Å². The number of oxazole rings is 1. The molecule has 0 saturated carbocycles. The molecule has 1 N–H and O–H groups in total. The molecule has 0 unspecified atom stereocenters. The van der Waals surface area contributed by atoms with Gasteiger partial charge >= 0.3 is 7.60 Å². The zero-order chi connectivity index (χ0) is 22.3. The highest BCUT2D eigenvalue weighted by molar-refractivity contribution is 7.62. The highest BCUT2D eigenvalue weighted by Crippen LogP contribution is 2.48. The van der Waals surface area contributed by atoms with Gasteiger partial charge in [-0.1, -0.05) is 42.5 Å². The fourth-order valence-electron chi connectivity index (χ4n) is 2.92.